The molecule has 0 amide bonds. The number of fused-ring (bicyclic) bond motifs is 1. The predicted molar refractivity (Wildman–Crippen MR) is 119 cm³/mol. The van der Waals surface area contributed by atoms with Gasteiger partial charge in [-0.05, 0) is 55.7 Å². The lowest BCUT2D eigenvalue weighted by Gasteiger charge is -2.25. The highest BCUT2D eigenvalue weighted by atomic mass is 16.5. The minimum absolute atomic E-state index is 0.0254. The van der Waals surface area contributed by atoms with Crippen LogP contribution in [-0.4, -0.2) is 47.2 Å². The Balaban J connectivity index is 1.66. The maximum absolute atomic E-state index is 13.1. The maximum Gasteiger partial charge on any atom is 0.338 e. The molecule has 1 aliphatic carbocycles. The van der Waals surface area contributed by atoms with Crippen molar-refractivity contribution < 1.29 is 19.4 Å². The summed E-state index contributed by atoms with van der Waals surface area (Å²) in [5.74, 6) is -0.413. The van der Waals surface area contributed by atoms with E-state index in [1.165, 1.54) is 0 Å². The number of ether oxygens (including phenoxy) is 1. The van der Waals surface area contributed by atoms with Gasteiger partial charge >= 0.3 is 5.97 Å². The third kappa shape index (κ3) is 4.38. The first kappa shape index (κ1) is 20.8. The normalized spacial score (nSPS) is 16.9. The molecule has 0 unspecified atom stereocenters. The zero-order valence-corrected chi connectivity index (χ0v) is 17.6. The van der Waals surface area contributed by atoms with Gasteiger partial charge in [-0.2, -0.15) is 0 Å². The van der Waals surface area contributed by atoms with Gasteiger partial charge in [0.2, 0.25) is 5.78 Å². The summed E-state index contributed by atoms with van der Waals surface area (Å²) in [6.07, 6.45) is 5.68. The molecule has 1 fully saturated rings. The number of rotatable bonds is 6. The summed E-state index contributed by atoms with van der Waals surface area (Å²) in [5, 5.41) is 10.5. The van der Waals surface area contributed by atoms with Gasteiger partial charge in [-0.3, -0.25) is 4.79 Å². The van der Waals surface area contributed by atoms with Gasteiger partial charge in [-0.1, -0.05) is 25.5 Å². The monoisotopic (exact) mass is 418 g/mol. The van der Waals surface area contributed by atoms with Crippen LogP contribution in [0.2, 0.25) is 0 Å². The number of likely N-dealkylation sites (tertiary alicyclic amines) is 1. The molecule has 0 spiro atoms. The zero-order valence-electron chi connectivity index (χ0n) is 17.6. The van der Waals surface area contributed by atoms with Crippen LogP contribution in [0.1, 0.15) is 58.9 Å². The quantitative estimate of drug-likeness (QED) is 0.546. The number of hydrogen-bond donors (Lipinski definition) is 1. The van der Waals surface area contributed by atoms with E-state index in [1.807, 2.05) is 6.92 Å². The Labute approximate surface area is 181 Å². The molecule has 0 atom stereocenters. The van der Waals surface area contributed by atoms with E-state index in [0.717, 1.165) is 38.8 Å². The number of carbonyl (C=O) groups is 2. The summed E-state index contributed by atoms with van der Waals surface area (Å²) >= 11 is 0. The number of carbonyl (C=O) groups excluding carboxylic acids is 2. The third-order valence-corrected chi connectivity index (χ3v) is 5.58. The summed E-state index contributed by atoms with van der Waals surface area (Å²) in [4.78, 5) is 32.0. The lowest BCUT2D eigenvalue weighted by molar-refractivity contribution is 0.0499. The van der Waals surface area contributed by atoms with E-state index in [4.69, 9.17) is 9.73 Å². The molecule has 0 radical (unpaired) electrons. The Hall–Kier alpha value is -3.41. The van der Waals surface area contributed by atoms with Crippen LogP contribution in [0.5, 0.6) is 5.75 Å². The molecule has 2 aromatic carbocycles. The van der Waals surface area contributed by atoms with E-state index in [1.54, 1.807) is 48.5 Å². The number of esters is 1. The number of phenolic OH excluding ortho intramolecular Hbond substituents is 1. The summed E-state index contributed by atoms with van der Waals surface area (Å²) in [7, 11) is 0. The van der Waals surface area contributed by atoms with Crippen molar-refractivity contribution in [2.75, 3.05) is 19.7 Å². The van der Waals surface area contributed by atoms with Gasteiger partial charge in [0.05, 0.1) is 34.8 Å². The first-order valence-corrected chi connectivity index (χ1v) is 10.8. The molecular formula is C25H26N2O4. The van der Waals surface area contributed by atoms with Crippen molar-refractivity contribution >= 4 is 23.2 Å². The number of aromatic hydroxyl groups is 1. The molecule has 0 saturated carbocycles. The molecule has 0 aromatic heterocycles. The molecule has 1 heterocycles. The first-order valence-electron chi connectivity index (χ1n) is 10.8. The Morgan fingerprint density at radius 3 is 2.58 bits per heavy atom. The highest BCUT2D eigenvalue weighted by molar-refractivity contribution is 6.27. The molecule has 1 aliphatic heterocycles. The minimum atomic E-state index is -0.352. The van der Waals surface area contributed by atoms with E-state index in [2.05, 4.69) is 4.90 Å². The number of Topliss-reactive ketones (excluding diaryl/α,β-unsaturated/α-hetero) is 1. The number of benzene rings is 2. The number of nitrogens with zero attached hydrogens (tertiary/aromatic N) is 2. The van der Waals surface area contributed by atoms with Crippen LogP contribution in [0.3, 0.4) is 0 Å². The SMILES string of the molecule is CCCCOC(=O)c1ccc(N=C2C=C(N3CCCC3)C(=O)c3cccc(O)c32)cc1. The molecule has 1 saturated heterocycles. The van der Waals surface area contributed by atoms with Gasteiger partial charge in [0.25, 0.3) is 0 Å². The first-order chi connectivity index (χ1) is 15.1. The topological polar surface area (TPSA) is 79.2 Å². The lowest BCUT2D eigenvalue weighted by atomic mass is 9.90. The van der Waals surface area contributed by atoms with Gasteiger partial charge in [0.1, 0.15) is 5.75 Å². The van der Waals surface area contributed by atoms with Gasteiger partial charge in [-0.15, -0.1) is 0 Å². The largest absolute Gasteiger partial charge is 0.507 e. The summed E-state index contributed by atoms with van der Waals surface area (Å²) < 4.78 is 5.24. The second kappa shape index (κ2) is 9.16. The fourth-order valence-electron chi connectivity index (χ4n) is 3.89. The van der Waals surface area contributed by atoms with E-state index in [9.17, 15) is 14.7 Å². The molecule has 4 rings (SSSR count). The van der Waals surface area contributed by atoms with Crippen molar-refractivity contribution in [2.45, 2.75) is 32.6 Å². The molecule has 6 heteroatoms. The molecule has 1 N–H and O–H groups in total. The molecule has 160 valence electrons. The second-order valence-electron chi connectivity index (χ2n) is 7.79. The third-order valence-electron chi connectivity index (χ3n) is 5.58. The minimum Gasteiger partial charge on any atom is -0.507 e. The number of aliphatic imine (C=N–C) groups is 1. The highest BCUT2D eigenvalue weighted by Crippen LogP contribution is 2.32. The fraction of sp³-hybridized carbons (Fsp3) is 0.320. The van der Waals surface area contributed by atoms with Gasteiger partial charge < -0.3 is 14.7 Å². The molecule has 2 aromatic rings. The van der Waals surface area contributed by atoms with Crippen LogP contribution in [0.4, 0.5) is 5.69 Å². The standard InChI is InChI=1S/C25H26N2O4/c1-2-3-15-31-25(30)17-9-11-18(12-10-17)26-20-16-21(27-13-4-5-14-27)24(29)19-7-6-8-22(28)23(19)20/h6-12,16,28H,2-5,13-15H2,1H3. The summed E-state index contributed by atoms with van der Waals surface area (Å²) in [6, 6.07) is 11.8. The number of ketones is 1. The Morgan fingerprint density at radius 1 is 1.13 bits per heavy atom. The smallest absolute Gasteiger partial charge is 0.338 e. The summed E-state index contributed by atoms with van der Waals surface area (Å²) in [6.45, 7) is 4.13. The van der Waals surface area contributed by atoms with Gasteiger partial charge in [-0.25, -0.2) is 9.79 Å². The van der Waals surface area contributed by atoms with E-state index < -0.39 is 0 Å². The van der Waals surface area contributed by atoms with Crippen LogP contribution < -0.4 is 0 Å². The van der Waals surface area contributed by atoms with Crippen molar-refractivity contribution in [1.29, 1.82) is 0 Å². The van der Waals surface area contributed by atoms with Crippen molar-refractivity contribution in [3.63, 3.8) is 0 Å². The van der Waals surface area contributed by atoms with Crippen LogP contribution in [-0.2, 0) is 4.74 Å². The number of unbranched alkanes of at least 4 members (excludes halogenated alkanes) is 1. The molecular weight excluding hydrogens is 392 g/mol. The Morgan fingerprint density at radius 2 is 1.87 bits per heavy atom. The highest BCUT2D eigenvalue weighted by Gasteiger charge is 2.30. The van der Waals surface area contributed by atoms with Crippen molar-refractivity contribution in [3.8, 4) is 5.75 Å². The van der Waals surface area contributed by atoms with Crippen molar-refractivity contribution in [1.82, 2.24) is 4.90 Å². The van der Waals surface area contributed by atoms with Gasteiger partial charge in [0, 0.05) is 18.7 Å². The van der Waals surface area contributed by atoms with Crippen LogP contribution in [0, 0.1) is 0 Å². The van der Waals surface area contributed by atoms with Crippen molar-refractivity contribution in [3.05, 3.63) is 70.9 Å². The number of allylic oxidation sites excluding steroid dienone is 2. The van der Waals surface area contributed by atoms with Crippen LogP contribution in [0.25, 0.3) is 0 Å². The Kier molecular flexibility index (Phi) is 6.16. The van der Waals surface area contributed by atoms with Crippen LogP contribution in [0.15, 0.2) is 59.2 Å². The van der Waals surface area contributed by atoms with Crippen molar-refractivity contribution in [2.24, 2.45) is 4.99 Å². The maximum atomic E-state index is 13.1. The summed E-state index contributed by atoms with van der Waals surface area (Å²) in [5.41, 5.74) is 3.15. The number of phenols is 1. The molecule has 2 aliphatic rings. The predicted octanol–water partition coefficient (Wildman–Crippen LogP) is 4.65. The molecule has 0 bridgehead atoms. The number of hydrogen-bond acceptors (Lipinski definition) is 6. The average molecular weight is 418 g/mol. The lowest BCUT2D eigenvalue weighted by Crippen LogP contribution is -2.29. The average Bonchev–Trinajstić information content (AvgIpc) is 3.31. The molecule has 31 heavy (non-hydrogen) atoms. The van der Waals surface area contributed by atoms with Crippen LogP contribution >= 0.6 is 0 Å². The van der Waals surface area contributed by atoms with Gasteiger partial charge in [0.15, 0.2) is 0 Å². The molecule has 6 nitrogen and oxygen atoms in total. The van der Waals surface area contributed by atoms with E-state index in [-0.39, 0.29) is 17.5 Å². The zero-order chi connectivity index (χ0) is 21.8. The Bertz CT molecular complexity index is 1050. The van der Waals surface area contributed by atoms with E-state index in [0.29, 0.717) is 40.4 Å². The fourth-order valence-corrected chi connectivity index (χ4v) is 3.89. The second-order valence-corrected chi connectivity index (χ2v) is 7.79. The van der Waals surface area contributed by atoms with E-state index >= 15 is 0 Å².